The molecule has 0 heterocycles. The van der Waals surface area contributed by atoms with Crippen molar-refractivity contribution < 1.29 is 5.11 Å². The first-order valence-electron chi connectivity index (χ1n) is 2.89. The molecule has 1 rings (SSSR count). The van der Waals surface area contributed by atoms with Crippen molar-refractivity contribution in [1.82, 2.24) is 0 Å². The molecular weight excluding hydrogens is 192 g/mol. The first-order chi connectivity index (χ1) is 4.83. The lowest BCUT2D eigenvalue weighted by molar-refractivity contribution is 0.478. The fourth-order valence-corrected chi connectivity index (χ4v) is 1.11. The van der Waals surface area contributed by atoms with E-state index >= 15 is 0 Å². The Bertz CT molecular complexity index is 243. The van der Waals surface area contributed by atoms with Gasteiger partial charge in [-0.3, -0.25) is 0 Å². The van der Waals surface area contributed by atoms with Crippen LogP contribution in [0.15, 0.2) is 35.0 Å². The van der Waals surface area contributed by atoms with E-state index in [9.17, 15) is 0 Å². The molecule has 52 valence electrons. The second-order valence-corrected chi connectivity index (χ2v) is 2.79. The zero-order valence-corrected chi connectivity index (χ0v) is 6.88. The van der Waals surface area contributed by atoms with Gasteiger partial charge < -0.3 is 5.11 Å². The number of aliphatic hydroxyl groups is 1. The normalized spacial score (nSPS) is 10.5. The van der Waals surface area contributed by atoms with Gasteiger partial charge in [0.1, 0.15) is 0 Å². The van der Waals surface area contributed by atoms with Crippen molar-refractivity contribution in [1.29, 1.82) is 0 Å². The molecule has 0 radical (unpaired) electrons. The van der Waals surface area contributed by atoms with Crippen molar-refractivity contribution in [3.63, 3.8) is 0 Å². The zero-order valence-electron chi connectivity index (χ0n) is 5.29. The van der Waals surface area contributed by atoms with E-state index in [0.29, 0.717) is 0 Å². The van der Waals surface area contributed by atoms with Crippen molar-refractivity contribution in [3.8, 4) is 0 Å². The number of hydrogen-bond donors (Lipinski definition) is 1. The molecule has 0 fully saturated rings. The summed E-state index contributed by atoms with van der Waals surface area (Å²) in [7, 11) is 0. The Labute approximate surface area is 68.1 Å². The van der Waals surface area contributed by atoms with E-state index in [1.165, 1.54) is 0 Å². The summed E-state index contributed by atoms with van der Waals surface area (Å²) in [5.41, 5.74) is 0.983. The third kappa shape index (κ3) is 1.88. The lowest BCUT2D eigenvalue weighted by Gasteiger charge is -1.91. The van der Waals surface area contributed by atoms with Crippen LogP contribution in [-0.2, 0) is 0 Å². The number of aliphatic hydroxyl groups excluding tert-OH is 1. The highest BCUT2D eigenvalue weighted by atomic mass is 79.9. The van der Waals surface area contributed by atoms with E-state index in [1.54, 1.807) is 6.08 Å². The number of halogens is 1. The predicted molar refractivity (Wildman–Crippen MR) is 45.8 cm³/mol. The monoisotopic (exact) mass is 198 g/mol. The molecule has 0 atom stereocenters. The molecule has 10 heavy (non-hydrogen) atoms. The van der Waals surface area contributed by atoms with Gasteiger partial charge in [-0.2, -0.15) is 0 Å². The summed E-state index contributed by atoms with van der Waals surface area (Å²) >= 11 is 3.32. The Balaban J connectivity index is 2.95. The van der Waals surface area contributed by atoms with E-state index < -0.39 is 0 Å². The summed E-state index contributed by atoms with van der Waals surface area (Å²) in [5.74, 6) is 0. The van der Waals surface area contributed by atoms with Gasteiger partial charge >= 0.3 is 0 Å². The third-order valence-electron chi connectivity index (χ3n) is 1.12. The van der Waals surface area contributed by atoms with E-state index in [0.717, 1.165) is 16.3 Å². The van der Waals surface area contributed by atoms with Crippen LogP contribution in [0.1, 0.15) is 5.56 Å². The fraction of sp³-hybridized carbons (Fsp3) is 0. The lowest BCUT2D eigenvalue weighted by atomic mass is 10.2. The summed E-state index contributed by atoms with van der Waals surface area (Å²) in [5, 5.41) is 8.41. The van der Waals surface area contributed by atoms with Crippen LogP contribution in [0.2, 0.25) is 0 Å². The molecule has 1 aromatic carbocycles. The number of rotatable bonds is 1. The molecule has 0 aromatic heterocycles. The van der Waals surface area contributed by atoms with Gasteiger partial charge in [0.05, 0.1) is 6.26 Å². The van der Waals surface area contributed by atoms with E-state index in [-0.39, 0.29) is 0 Å². The van der Waals surface area contributed by atoms with Crippen LogP contribution >= 0.6 is 15.9 Å². The van der Waals surface area contributed by atoms with Crippen molar-refractivity contribution in [2.45, 2.75) is 0 Å². The van der Waals surface area contributed by atoms with Gasteiger partial charge in [0.25, 0.3) is 0 Å². The SMILES string of the molecule is OC=Cc1cccc(Br)c1. The number of benzene rings is 1. The molecule has 0 saturated carbocycles. The average molecular weight is 199 g/mol. The second kappa shape index (κ2) is 3.42. The van der Waals surface area contributed by atoms with Gasteiger partial charge in [0.15, 0.2) is 0 Å². The maximum absolute atomic E-state index is 8.41. The molecule has 0 amide bonds. The van der Waals surface area contributed by atoms with E-state index in [2.05, 4.69) is 15.9 Å². The van der Waals surface area contributed by atoms with Crippen LogP contribution < -0.4 is 0 Å². The van der Waals surface area contributed by atoms with Gasteiger partial charge in [-0.05, 0) is 23.8 Å². The second-order valence-electron chi connectivity index (χ2n) is 1.87. The van der Waals surface area contributed by atoms with Crippen molar-refractivity contribution in [2.75, 3.05) is 0 Å². The molecule has 0 aliphatic carbocycles. The van der Waals surface area contributed by atoms with Gasteiger partial charge in [0, 0.05) is 4.47 Å². The lowest BCUT2D eigenvalue weighted by Crippen LogP contribution is -1.69. The van der Waals surface area contributed by atoms with Crippen molar-refractivity contribution in [2.24, 2.45) is 0 Å². The third-order valence-corrected chi connectivity index (χ3v) is 1.61. The minimum absolute atomic E-state index is 0.983. The standard InChI is InChI=1S/C8H7BrO/c9-8-3-1-2-7(6-8)4-5-10/h1-6,10H. The molecule has 0 aliphatic rings. The van der Waals surface area contributed by atoms with Crippen LogP contribution in [0.4, 0.5) is 0 Å². The summed E-state index contributed by atoms with van der Waals surface area (Å²) in [6.07, 6.45) is 2.66. The minimum Gasteiger partial charge on any atom is -0.516 e. The predicted octanol–water partition coefficient (Wildman–Crippen LogP) is 2.98. The molecular formula is C8H7BrO. The van der Waals surface area contributed by atoms with Crippen LogP contribution in [-0.4, -0.2) is 5.11 Å². The minimum atomic E-state index is 0.983. The van der Waals surface area contributed by atoms with E-state index in [1.807, 2.05) is 24.3 Å². The highest BCUT2D eigenvalue weighted by Gasteiger charge is 1.86. The van der Waals surface area contributed by atoms with Gasteiger partial charge in [-0.25, -0.2) is 0 Å². The van der Waals surface area contributed by atoms with E-state index in [4.69, 9.17) is 5.11 Å². The molecule has 0 unspecified atom stereocenters. The van der Waals surface area contributed by atoms with Crippen LogP contribution in [0.5, 0.6) is 0 Å². The summed E-state index contributed by atoms with van der Waals surface area (Å²) in [6, 6.07) is 7.69. The Hall–Kier alpha value is -0.760. The first kappa shape index (κ1) is 7.35. The smallest absolute Gasteiger partial charge is 0.0797 e. The summed E-state index contributed by atoms with van der Waals surface area (Å²) in [6.45, 7) is 0. The fourth-order valence-electron chi connectivity index (χ4n) is 0.696. The average Bonchev–Trinajstić information content (AvgIpc) is 1.88. The Morgan fingerprint density at radius 3 is 2.80 bits per heavy atom. The van der Waals surface area contributed by atoms with Crippen LogP contribution in [0.25, 0.3) is 6.08 Å². The van der Waals surface area contributed by atoms with Crippen LogP contribution in [0, 0.1) is 0 Å². The Morgan fingerprint density at radius 2 is 2.20 bits per heavy atom. The van der Waals surface area contributed by atoms with Crippen molar-refractivity contribution in [3.05, 3.63) is 40.6 Å². The van der Waals surface area contributed by atoms with Gasteiger partial charge in [-0.1, -0.05) is 28.1 Å². The molecule has 0 aliphatic heterocycles. The summed E-state index contributed by atoms with van der Waals surface area (Å²) in [4.78, 5) is 0. The Kier molecular flexibility index (Phi) is 2.51. The largest absolute Gasteiger partial charge is 0.516 e. The summed E-state index contributed by atoms with van der Waals surface area (Å²) < 4.78 is 1.02. The maximum atomic E-state index is 8.41. The number of hydrogen-bond acceptors (Lipinski definition) is 1. The molecule has 0 bridgehead atoms. The molecule has 2 heteroatoms. The molecule has 1 nitrogen and oxygen atoms in total. The highest BCUT2D eigenvalue weighted by Crippen LogP contribution is 2.12. The first-order valence-corrected chi connectivity index (χ1v) is 3.68. The van der Waals surface area contributed by atoms with Crippen molar-refractivity contribution >= 4 is 22.0 Å². The Morgan fingerprint density at radius 1 is 1.40 bits per heavy atom. The van der Waals surface area contributed by atoms with Gasteiger partial charge in [0.2, 0.25) is 0 Å². The molecule has 1 N–H and O–H groups in total. The zero-order chi connectivity index (χ0) is 7.40. The van der Waals surface area contributed by atoms with Crippen LogP contribution in [0.3, 0.4) is 0 Å². The topological polar surface area (TPSA) is 20.2 Å². The maximum Gasteiger partial charge on any atom is 0.0797 e. The van der Waals surface area contributed by atoms with Gasteiger partial charge in [-0.15, -0.1) is 0 Å². The molecule has 0 saturated heterocycles. The molecule has 1 aromatic rings. The quantitative estimate of drug-likeness (QED) is 0.689. The highest BCUT2D eigenvalue weighted by molar-refractivity contribution is 9.10. The molecule has 0 spiro atoms.